The van der Waals surface area contributed by atoms with Crippen LogP contribution in [0.25, 0.3) is 0 Å². The Morgan fingerprint density at radius 1 is 1.35 bits per heavy atom. The van der Waals surface area contributed by atoms with Crippen LogP contribution in [0.15, 0.2) is 6.07 Å². The van der Waals surface area contributed by atoms with Crippen molar-refractivity contribution in [3.05, 3.63) is 11.8 Å². The number of nitrogens with two attached hydrogens (primary N) is 1. The highest BCUT2D eigenvalue weighted by Gasteiger charge is 2.24. The third kappa shape index (κ3) is 5.04. The van der Waals surface area contributed by atoms with Crippen LogP contribution in [0, 0.1) is 5.92 Å². The van der Waals surface area contributed by atoms with E-state index >= 15 is 0 Å². The second kappa shape index (κ2) is 9.14. The number of amides is 1. The maximum absolute atomic E-state index is 11.0. The van der Waals surface area contributed by atoms with Gasteiger partial charge in [-0.15, -0.1) is 0 Å². The molecule has 1 aromatic heterocycles. The molecule has 0 spiro atoms. The van der Waals surface area contributed by atoms with Gasteiger partial charge in [-0.05, 0) is 31.6 Å². The van der Waals surface area contributed by atoms with Crippen LogP contribution in [-0.4, -0.2) is 60.4 Å². The van der Waals surface area contributed by atoms with Crippen molar-refractivity contribution in [2.45, 2.75) is 38.0 Å². The van der Waals surface area contributed by atoms with Gasteiger partial charge in [-0.25, -0.2) is 4.98 Å². The number of nitrogens with zero attached hydrogens (tertiary/aromatic N) is 3. The molecule has 2 fully saturated rings. The maximum atomic E-state index is 11.0. The highest BCUT2D eigenvalue weighted by Crippen LogP contribution is 2.30. The Bertz CT molecular complexity index is 598. The van der Waals surface area contributed by atoms with Crippen LogP contribution in [0.5, 0.6) is 0 Å². The minimum Gasteiger partial charge on any atom is -0.395 e. The molecule has 1 aromatic rings. The number of hydrogen-bond donors (Lipinski definition) is 3. The third-order valence-corrected chi connectivity index (χ3v) is 5.21. The average molecular weight is 363 g/mol. The number of primary amides is 1. The molecular weight excluding hydrogens is 334 g/mol. The van der Waals surface area contributed by atoms with Crippen molar-refractivity contribution in [1.29, 1.82) is 0 Å². The molecule has 2 aliphatic heterocycles. The van der Waals surface area contributed by atoms with E-state index in [0.717, 1.165) is 56.9 Å². The molecule has 0 bridgehead atoms. The van der Waals surface area contributed by atoms with E-state index in [-0.39, 0.29) is 12.5 Å². The van der Waals surface area contributed by atoms with Crippen LogP contribution in [-0.2, 0) is 9.53 Å². The molecule has 8 heteroatoms. The van der Waals surface area contributed by atoms with Gasteiger partial charge in [0.05, 0.1) is 18.9 Å². The van der Waals surface area contributed by atoms with E-state index in [4.69, 9.17) is 15.6 Å². The summed E-state index contributed by atoms with van der Waals surface area (Å²) in [6.07, 6.45) is 4.41. The van der Waals surface area contributed by atoms with Gasteiger partial charge >= 0.3 is 0 Å². The smallest absolute Gasteiger partial charge is 0.224 e. The number of aromatic nitrogens is 2. The molecular formula is C18H29N5O3. The number of carbonyl (C=O) groups excluding carboxylic acids is 1. The molecule has 1 atom stereocenters. The fourth-order valence-corrected chi connectivity index (χ4v) is 3.64. The number of nitrogens with one attached hydrogen (secondary N) is 1. The van der Waals surface area contributed by atoms with Crippen molar-refractivity contribution in [1.82, 2.24) is 9.97 Å². The second-order valence-corrected chi connectivity index (χ2v) is 7.12. The van der Waals surface area contributed by atoms with E-state index in [2.05, 4.69) is 26.3 Å². The summed E-state index contributed by atoms with van der Waals surface area (Å²) in [5.41, 5.74) is 6.26. The van der Waals surface area contributed by atoms with E-state index in [1.807, 2.05) is 0 Å². The molecule has 8 nitrogen and oxygen atoms in total. The highest BCUT2D eigenvalue weighted by atomic mass is 16.5. The normalized spacial score (nSPS) is 21.1. The van der Waals surface area contributed by atoms with Crippen molar-refractivity contribution in [3.63, 3.8) is 0 Å². The number of hydrogen-bond acceptors (Lipinski definition) is 7. The quantitative estimate of drug-likeness (QED) is 0.628. The minimum absolute atomic E-state index is 0.0424. The fourth-order valence-electron chi connectivity index (χ4n) is 3.64. The van der Waals surface area contributed by atoms with E-state index in [1.54, 1.807) is 0 Å². The molecule has 0 aliphatic carbocycles. The van der Waals surface area contributed by atoms with Gasteiger partial charge in [0, 0.05) is 44.6 Å². The number of anilines is 2. The number of piperidine rings is 1. The van der Waals surface area contributed by atoms with Crippen LogP contribution in [0.4, 0.5) is 11.8 Å². The lowest BCUT2D eigenvalue weighted by Gasteiger charge is -2.33. The molecule has 2 saturated heterocycles. The van der Waals surface area contributed by atoms with Gasteiger partial charge in [0.15, 0.2) is 0 Å². The maximum Gasteiger partial charge on any atom is 0.224 e. The monoisotopic (exact) mass is 363 g/mol. The molecule has 1 unspecified atom stereocenters. The lowest BCUT2D eigenvalue weighted by atomic mass is 9.92. The molecule has 26 heavy (non-hydrogen) atoms. The van der Waals surface area contributed by atoms with Crippen molar-refractivity contribution in [2.24, 2.45) is 11.7 Å². The third-order valence-electron chi connectivity index (χ3n) is 5.21. The van der Waals surface area contributed by atoms with Gasteiger partial charge in [0.1, 0.15) is 5.82 Å². The van der Waals surface area contributed by atoms with Crippen LogP contribution in [0.2, 0.25) is 0 Å². The zero-order valence-corrected chi connectivity index (χ0v) is 15.2. The summed E-state index contributed by atoms with van der Waals surface area (Å²) in [6, 6.07) is 2.08. The van der Waals surface area contributed by atoms with Gasteiger partial charge in [0.25, 0.3) is 0 Å². The summed E-state index contributed by atoms with van der Waals surface area (Å²) in [6.45, 7) is 3.78. The topological polar surface area (TPSA) is 114 Å². The molecule has 0 saturated carbocycles. The molecule has 3 heterocycles. The Morgan fingerprint density at radius 2 is 2.15 bits per heavy atom. The average Bonchev–Trinajstić information content (AvgIpc) is 3.20. The summed E-state index contributed by atoms with van der Waals surface area (Å²) in [4.78, 5) is 22.5. The molecule has 4 N–H and O–H groups in total. The Morgan fingerprint density at radius 3 is 2.81 bits per heavy atom. The van der Waals surface area contributed by atoms with Gasteiger partial charge in [-0.1, -0.05) is 0 Å². The zero-order chi connectivity index (χ0) is 18.4. The molecule has 0 aromatic carbocycles. The predicted octanol–water partition coefficient (Wildman–Crippen LogP) is 0.867. The first-order valence-corrected chi connectivity index (χ1v) is 9.50. The van der Waals surface area contributed by atoms with Crippen LogP contribution >= 0.6 is 0 Å². The first kappa shape index (κ1) is 18.8. The standard InChI is InChI=1S/C18H29N5O3/c19-16(25)2-1-13-3-7-23(8-4-13)17-11-15(14-5-10-26-12-14)21-18(22-17)20-6-9-24/h11,13-14,24H,1-10,12H2,(H2,19,25)(H,20,21,22). The molecule has 3 rings (SSSR count). The van der Waals surface area contributed by atoms with Crippen molar-refractivity contribution < 1.29 is 14.6 Å². The molecule has 2 aliphatic rings. The molecule has 144 valence electrons. The number of aliphatic hydroxyl groups excluding tert-OH is 1. The highest BCUT2D eigenvalue weighted by molar-refractivity contribution is 5.73. The van der Waals surface area contributed by atoms with Gasteiger partial charge < -0.3 is 25.8 Å². The van der Waals surface area contributed by atoms with E-state index in [1.165, 1.54) is 0 Å². The van der Waals surface area contributed by atoms with Gasteiger partial charge in [-0.2, -0.15) is 4.98 Å². The van der Waals surface area contributed by atoms with Crippen LogP contribution in [0.1, 0.15) is 43.7 Å². The lowest BCUT2D eigenvalue weighted by Crippen LogP contribution is -2.35. The van der Waals surface area contributed by atoms with Crippen molar-refractivity contribution in [3.8, 4) is 0 Å². The zero-order valence-electron chi connectivity index (χ0n) is 15.2. The second-order valence-electron chi connectivity index (χ2n) is 7.12. The summed E-state index contributed by atoms with van der Waals surface area (Å²) in [5.74, 6) is 2.13. The Labute approximate surface area is 154 Å². The summed E-state index contributed by atoms with van der Waals surface area (Å²) in [7, 11) is 0. The van der Waals surface area contributed by atoms with E-state index in [0.29, 0.717) is 37.4 Å². The van der Waals surface area contributed by atoms with Gasteiger partial charge in [-0.3, -0.25) is 4.79 Å². The fraction of sp³-hybridized carbons (Fsp3) is 0.722. The Balaban J connectivity index is 1.68. The number of carbonyl (C=O) groups is 1. The van der Waals surface area contributed by atoms with Gasteiger partial charge in [0.2, 0.25) is 11.9 Å². The Kier molecular flexibility index (Phi) is 6.62. The first-order chi connectivity index (χ1) is 12.7. The van der Waals surface area contributed by atoms with Crippen molar-refractivity contribution >= 4 is 17.7 Å². The Hall–Kier alpha value is -1.93. The number of aliphatic hydroxyl groups is 1. The predicted molar refractivity (Wildman–Crippen MR) is 99.1 cm³/mol. The number of rotatable bonds is 8. The van der Waals surface area contributed by atoms with E-state index < -0.39 is 0 Å². The summed E-state index contributed by atoms with van der Waals surface area (Å²) >= 11 is 0. The SMILES string of the molecule is NC(=O)CCC1CCN(c2cc(C3CCOC3)nc(NCCO)n2)CC1. The van der Waals surface area contributed by atoms with Crippen LogP contribution in [0.3, 0.4) is 0 Å². The first-order valence-electron chi connectivity index (χ1n) is 9.50. The summed E-state index contributed by atoms with van der Waals surface area (Å²) in [5, 5.41) is 12.2. The number of ether oxygens (including phenoxy) is 1. The lowest BCUT2D eigenvalue weighted by molar-refractivity contribution is -0.118. The summed E-state index contributed by atoms with van der Waals surface area (Å²) < 4.78 is 5.51. The van der Waals surface area contributed by atoms with Crippen LogP contribution < -0.4 is 16.0 Å². The molecule has 1 amide bonds. The molecule has 0 radical (unpaired) electrons. The van der Waals surface area contributed by atoms with Crippen molar-refractivity contribution in [2.75, 3.05) is 49.7 Å². The largest absolute Gasteiger partial charge is 0.395 e. The minimum atomic E-state index is -0.216. The van der Waals surface area contributed by atoms with E-state index in [9.17, 15) is 4.79 Å².